The van der Waals surface area contributed by atoms with E-state index in [1.807, 2.05) is 30.3 Å². The van der Waals surface area contributed by atoms with Gasteiger partial charge in [-0.15, -0.1) is 10.2 Å². The van der Waals surface area contributed by atoms with E-state index in [1.165, 1.54) is 7.11 Å². The minimum absolute atomic E-state index is 0.0435. The highest BCUT2D eigenvalue weighted by Gasteiger charge is 2.13. The number of carbonyl (C=O) groups is 2. The second-order valence-electron chi connectivity index (χ2n) is 5.68. The topological polar surface area (TPSA) is 91.5 Å². The Morgan fingerprint density at radius 1 is 1.04 bits per heavy atom. The van der Waals surface area contributed by atoms with Gasteiger partial charge in [0.25, 0.3) is 0 Å². The van der Waals surface area contributed by atoms with Crippen LogP contribution >= 0.6 is 0 Å². The summed E-state index contributed by atoms with van der Waals surface area (Å²) in [6, 6.07) is 16.0. The van der Waals surface area contributed by atoms with Crippen LogP contribution in [0.15, 0.2) is 59.0 Å². The number of hydrogen-bond acceptors (Lipinski definition) is 7. The molecule has 0 saturated carbocycles. The lowest BCUT2D eigenvalue weighted by atomic mass is 10.1. The number of rotatable bonds is 8. The third kappa shape index (κ3) is 5.01. The zero-order chi connectivity index (χ0) is 19.1. The molecule has 0 atom stereocenters. The van der Waals surface area contributed by atoms with Crippen LogP contribution in [0, 0.1) is 0 Å². The standard InChI is InChI=1S/C20H18N2O5/c1-25-16-9-5-8-15(12-16)17(23)13-26-19(24)11-10-18-21-22-20(27-18)14-6-3-2-4-7-14/h2-9,12H,10-11,13H2,1H3. The highest BCUT2D eigenvalue weighted by atomic mass is 16.5. The Morgan fingerprint density at radius 3 is 2.63 bits per heavy atom. The van der Waals surface area contributed by atoms with Crippen molar-refractivity contribution in [2.45, 2.75) is 12.8 Å². The zero-order valence-corrected chi connectivity index (χ0v) is 14.8. The van der Waals surface area contributed by atoms with Crippen molar-refractivity contribution in [3.05, 3.63) is 66.1 Å². The molecule has 0 N–H and O–H groups in total. The minimum Gasteiger partial charge on any atom is -0.497 e. The summed E-state index contributed by atoms with van der Waals surface area (Å²) in [4.78, 5) is 23.9. The second-order valence-corrected chi connectivity index (χ2v) is 5.68. The van der Waals surface area contributed by atoms with Crippen molar-refractivity contribution in [3.63, 3.8) is 0 Å². The maximum Gasteiger partial charge on any atom is 0.306 e. The van der Waals surface area contributed by atoms with Gasteiger partial charge in [-0.3, -0.25) is 9.59 Å². The normalized spacial score (nSPS) is 10.4. The molecule has 0 aliphatic heterocycles. The molecule has 7 nitrogen and oxygen atoms in total. The van der Waals surface area contributed by atoms with E-state index in [4.69, 9.17) is 13.9 Å². The fourth-order valence-corrected chi connectivity index (χ4v) is 2.36. The summed E-state index contributed by atoms with van der Waals surface area (Å²) < 4.78 is 15.6. The van der Waals surface area contributed by atoms with E-state index >= 15 is 0 Å². The molecule has 0 spiro atoms. The number of aryl methyl sites for hydroxylation is 1. The maximum atomic E-state index is 12.1. The molecule has 0 saturated heterocycles. The first-order valence-corrected chi connectivity index (χ1v) is 8.36. The molecular weight excluding hydrogens is 348 g/mol. The Morgan fingerprint density at radius 2 is 1.85 bits per heavy atom. The smallest absolute Gasteiger partial charge is 0.306 e. The van der Waals surface area contributed by atoms with Crippen LogP contribution in [0.5, 0.6) is 5.75 Å². The zero-order valence-electron chi connectivity index (χ0n) is 14.8. The second kappa shape index (κ2) is 8.75. The summed E-state index contributed by atoms with van der Waals surface area (Å²) >= 11 is 0. The molecular formula is C20H18N2O5. The molecule has 138 valence electrons. The molecule has 0 fully saturated rings. The lowest BCUT2D eigenvalue weighted by Gasteiger charge is -2.05. The van der Waals surface area contributed by atoms with Crippen molar-refractivity contribution >= 4 is 11.8 Å². The van der Waals surface area contributed by atoms with E-state index in [0.29, 0.717) is 23.1 Å². The molecule has 2 aromatic carbocycles. The predicted molar refractivity (Wildman–Crippen MR) is 96.3 cm³/mol. The molecule has 7 heteroatoms. The van der Waals surface area contributed by atoms with Gasteiger partial charge in [0.15, 0.2) is 12.4 Å². The van der Waals surface area contributed by atoms with E-state index in [0.717, 1.165) is 5.56 Å². The van der Waals surface area contributed by atoms with Crippen LogP contribution in [-0.2, 0) is 16.0 Å². The number of esters is 1. The number of hydrogen-bond donors (Lipinski definition) is 0. The van der Waals surface area contributed by atoms with E-state index in [2.05, 4.69) is 10.2 Å². The number of benzene rings is 2. The molecule has 3 aromatic rings. The summed E-state index contributed by atoms with van der Waals surface area (Å²) in [6.45, 7) is -0.328. The highest BCUT2D eigenvalue weighted by molar-refractivity contribution is 5.98. The molecule has 0 amide bonds. The number of aromatic nitrogens is 2. The quantitative estimate of drug-likeness (QED) is 0.447. The third-order valence-electron chi connectivity index (χ3n) is 3.79. The van der Waals surface area contributed by atoms with Gasteiger partial charge in [0.05, 0.1) is 13.5 Å². The molecule has 3 rings (SSSR count). The SMILES string of the molecule is COc1cccc(C(=O)COC(=O)CCc2nnc(-c3ccccc3)o2)c1. The van der Waals surface area contributed by atoms with Gasteiger partial charge in [-0.1, -0.05) is 30.3 Å². The highest BCUT2D eigenvalue weighted by Crippen LogP contribution is 2.17. The Kier molecular flexibility index (Phi) is 5.94. The van der Waals surface area contributed by atoms with Crippen molar-refractivity contribution in [2.75, 3.05) is 13.7 Å². The molecule has 1 aromatic heterocycles. The molecule has 0 unspecified atom stereocenters. The average molecular weight is 366 g/mol. The van der Waals surface area contributed by atoms with Gasteiger partial charge in [-0.25, -0.2) is 0 Å². The summed E-state index contributed by atoms with van der Waals surface area (Å²) in [6.07, 6.45) is 0.286. The summed E-state index contributed by atoms with van der Waals surface area (Å²) in [5.74, 6) is 0.493. The summed E-state index contributed by atoms with van der Waals surface area (Å²) in [5.41, 5.74) is 1.23. The molecule has 0 radical (unpaired) electrons. The van der Waals surface area contributed by atoms with Gasteiger partial charge in [0.1, 0.15) is 5.75 Å². The predicted octanol–water partition coefficient (Wildman–Crippen LogP) is 3.10. The largest absolute Gasteiger partial charge is 0.497 e. The van der Waals surface area contributed by atoms with Crippen LogP contribution in [0.4, 0.5) is 0 Å². The number of methoxy groups -OCH3 is 1. The van der Waals surface area contributed by atoms with Crippen molar-refractivity contribution in [2.24, 2.45) is 0 Å². The number of ether oxygens (including phenoxy) is 2. The van der Waals surface area contributed by atoms with E-state index in [9.17, 15) is 9.59 Å². The van der Waals surface area contributed by atoms with Gasteiger partial charge in [-0.05, 0) is 24.3 Å². The monoisotopic (exact) mass is 366 g/mol. The Labute approximate surface area is 155 Å². The first-order valence-electron chi connectivity index (χ1n) is 8.36. The summed E-state index contributed by atoms with van der Waals surface area (Å²) in [7, 11) is 1.52. The number of Topliss-reactive ketones (excluding diaryl/α,β-unsaturated/α-hetero) is 1. The van der Waals surface area contributed by atoms with Crippen LogP contribution in [0.25, 0.3) is 11.5 Å². The Hall–Kier alpha value is -3.48. The fraction of sp³-hybridized carbons (Fsp3) is 0.200. The van der Waals surface area contributed by atoms with Gasteiger partial charge < -0.3 is 13.9 Å². The number of ketones is 1. The Balaban J connectivity index is 1.47. The molecule has 0 bridgehead atoms. The first-order chi connectivity index (χ1) is 13.2. The Bertz CT molecular complexity index is 921. The average Bonchev–Trinajstić information content (AvgIpc) is 3.20. The van der Waals surface area contributed by atoms with Crippen LogP contribution in [-0.4, -0.2) is 35.7 Å². The van der Waals surface area contributed by atoms with Crippen LogP contribution in [0.1, 0.15) is 22.7 Å². The van der Waals surface area contributed by atoms with Crippen LogP contribution < -0.4 is 4.74 Å². The third-order valence-corrected chi connectivity index (χ3v) is 3.79. The van der Waals surface area contributed by atoms with E-state index in [-0.39, 0.29) is 25.2 Å². The molecule has 0 aliphatic carbocycles. The molecule has 1 heterocycles. The van der Waals surface area contributed by atoms with Gasteiger partial charge in [0, 0.05) is 17.5 Å². The maximum absolute atomic E-state index is 12.1. The number of nitrogens with zero attached hydrogens (tertiary/aromatic N) is 2. The van der Waals surface area contributed by atoms with Crippen LogP contribution in [0.2, 0.25) is 0 Å². The van der Waals surface area contributed by atoms with Gasteiger partial charge >= 0.3 is 5.97 Å². The van der Waals surface area contributed by atoms with Crippen LogP contribution in [0.3, 0.4) is 0 Å². The van der Waals surface area contributed by atoms with E-state index < -0.39 is 5.97 Å². The van der Waals surface area contributed by atoms with Crippen molar-refractivity contribution in [1.82, 2.24) is 10.2 Å². The molecule has 27 heavy (non-hydrogen) atoms. The number of carbonyl (C=O) groups excluding carboxylic acids is 2. The fourth-order valence-electron chi connectivity index (χ4n) is 2.36. The van der Waals surface area contributed by atoms with E-state index in [1.54, 1.807) is 24.3 Å². The van der Waals surface area contributed by atoms with Crippen molar-refractivity contribution in [1.29, 1.82) is 0 Å². The van der Waals surface area contributed by atoms with Crippen molar-refractivity contribution < 1.29 is 23.5 Å². The first kappa shape index (κ1) is 18.3. The minimum atomic E-state index is -0.509. The van der Waals surface area contributed by atoms with Gasteiger partial charge in [-0.2, -0.15) is 0 Å². The summed E-state index contributed by atoms with van der Waals surface area (Å²) in [5, 5.41) is 7.88. The molecule has 0 aliphatic rings. The van der Waals surface area contributed by atoms with Crippen molar-refractivity contribution in [3.8, 4) is 17.2 Å². The lowest BCUT2D eigenvalue weighted by Crippen LogP contribution is -2.14. The lowest BCUT2D eigenvalue weighted by molar-refractivity contribution is -0.142. The van der Waals surface area contributed by atoms with Gasteiger partial charge in [0.2, 0.25) is 11.8 Å².